The molecule has 0 aromatic carbocycles. The van der Waals surface area contributed by atoms with Crippen LogP contribution in [0.4, 0.5) is 0 Å². The number of hydrogen-bond acceptors (Lipinski definition) is 2. The van der Waals surface area contributed by atoms with Crippen molar-refractivity contribution in [1.29, 1.82) is 0 Å². The van der Waals surface area contributed by atoms with Gasteiger partial charge in [-0.05, 0) is 19.9 Å². The van der Waals surface area contributed by atoms with Crippen molar-refractivity contribution in [3.05, 3.63) is 24.0 Å². The van der Waals surface area contributed by atoms with Gasteiger partial charge in [-0.15, -0.1) is 0 Å². The second-order valence-electron chi connectivity index (χ2n) is 1.80. The largest absolute Gasteiger partial charge is 0.384 e. The van der Waals surface area contributed by atoms with Crippen LogP contribution in [0.5, 0.6) is 0 Å². The molecule has 0 saturated carbocycles. The summed E-state index contributed by atoms with van der Waals surface area (Å²) in [5.41, 5.74) is 6.30. The first-order valence-electron chi connectivity index (χ1n) is 2.78. The Bertz CT molecular complexity index is 154. The molecular weight excluding hydrogens is 112 g/mol. The monoisotopic (exact) mass is 124 g/mol. The highest BCUT2D eigenvalue weighted by Gasteiger charge is 1.79. The Hall–Kier alpha value is -1.05. The van der Waals surface area contributed by atoms with E-state index in [0.717, 1.165) is 5.57 Å². The maximum absolute atomic E-state index is 5.39. The quantitative estimate of drug-likeness (QED) is 0.439. The van der Waals surface area contributed by atoms with Crippen LogP contribution < -0.4 is 5.73 Å². The predicted octanol–water partition coefficient (Wildman–Crippen LogP) is 1.45. The molecular formula is C7H12N2. The summed E-state index contributed by atoms with van der Waals surface area (Å²) in [7, 11) is 0. The lowest BCUT2D eigenvalue weighted by molar-refractivity contribution is 1.23. The van der Waals surface area contributed by atoms with Gasteiger partial charge in [-0.3, -0.25) is 0 Å². The topological polar surface area (TPSA) is 38.4 Å². The molecule has 0 spiro atoms. The molecule has 2 nitrogen and oxygen atoms in total. The fourth-order valence-electron chi connectivity index (χ4n) is 0.439. The summed E-state index contributed by atoms with van der Waals surface area (Å²) < 4.78 is 0. The summed E-state index contributed by atoms with van der Waals surface area (Å²) in [6.07, 6.45) is 3.37. The van der Waals surface area contributed by atoms with Gasteiger partial charge in [-0.25, -0.2) is 4.99 Å². The number of nitrogens with zero attached hydrogens (tertiary/aromatic N) is 1. The molecule has 0 aliphatic rings. The third kappa shape index (κ3) is 4.81. The Morgan fingerprint density at radius 2 is 2.22 bits per heavy atom. The van der Waals surface area contributed by atoms with Crippen molar-refractivity contribution in [1.82, 2.24) is 0 Å². The Morgan fingerprint density at radius 1 is 1.67 bits per heavy atom. The number of allylic oxidation sites excluding steroid dienone is 2. The van der Waals surface area contributed by atoms with Gasteiger partial charge in [0.25, 0.3) is 0 Å². The number of hydrogen-bond donors (Lipinski definition) is 1. The van der Waals surface area contributed by atoms with Gasteiger partial charge in [0.2, 0.25) is 0 Å². The van der Waals surface area contributed by atoms with E-state index in [1.807, 2.05) is 13.8 Å². The van der Waals surface area contributed by atoms with E-state index < -0.39 is 0 Å². The summed E-state index contributed by atoms with van der Waals surface area (Å²) in [6, 6.07) is 0. The third-order valence-electron chi connectivity index (χ3n) is 0.672. The molecule has 0 aliphatic carbocycles. The highest BCUT2D eigenvalue weighted by Crippen LogP contribution is 1.93. The van der Waals surface area contributed by atoms with Gasteiger partial charge in [-0.2, -0.15) is 0 Å². The van der Waals surface area contributed by atoms with Gasteiger partial charge in [0.05, 0.1) is 0 Å². The summed E-state index contributed by atoms with van der Waals surface area (Å²) in [6.45, 7) is 7.34. The summed E-state index contributed by atoms with van der Waals surface area (Å²) in [4.78, 5) is 3.82. The Kier molecular flexibility index (Phi) is 3.44. The summed E-state index contributed by atoms with van der Waals surface area (Å²) in [5, 5.41) is 0. The molecule has 9 heavy (non-hydrogen) atoms. The molecule has 0 aliphatic heterocycles. The van der Waals surface area contributed by atoms with Crippen LogP contribution in [0.3, 0.4) is 0 Å². The first-order chi connectivity index (χ1) is 4.16. The van der Waals surface area contributed by atoms with Crippen LogP contribution in [0.1, 0.15) is 13.8 Å². The first-order valence-corrected chi connectivity index (χ1v) is 2.78. The zero-order chi connectivity index (χ0) is 7.28. The zero-order valence-electron chi connectivity index (χ0n) is 5.89. The molecule has 0 unspecified atom stereocenters. The average Bonchev–Trinajstić information content (AvgIpc) is 1.63. The smallest absolute Gasteiger partial charge is 0.123 e. The minimum absolute atomic E-state index is 0.505. The van der Waals surface area contributed by atoms with E-state index in [-0.39, 0.29) is 0 Å². The Labute approximate surface area is 55.8 Å². The van der Waals surface area contributed by atoms with Crippen molar-refractivity contribution in [3.63, 3.8) is 0 Å². The highest BCUT2D eigenvalue weighted by atomic mass is 14.9. The van der Waals surface area contributed by atoms with Crippen LogP contribution in [0, 0.1) is 0 Å². The molecule has 0 bridgehead atoms. The van der Waals surface area contributed by atoms with Gasteiger partial charge < -0.3 is 5.73 Å². The second-order valence-corrected chi connectivity index (χ2v) is 1.80. The minimum Gasteiger partial charge on any atom is -0.384 e. The van der Waals surface area contributed by atoms with Crippen molar-refractivity contribution >= 4 is 6.21 Å². The second kappa shape index (κ2) is 3.89. The van der Waals surface area contributed by atoms with Crippen molar-refractivity contribution in [2.75, 3.05) is 0 Å². The lowest BCUT2D eigenvalue weighted by Gasteiger charge is -1.89. The highest BCUT2D eigenvalue weighted by molar-refractivity contribution is 5.55. The van der Waals surface area contributed by atoms with Crippen LogP contribution in [-0.4, -0.2) is 6.21 Å². The van der Waals surface area contributed by atoms with Crippen molar-refractivity contribution in [2.45, 2.75) is 13.8 Å². The zero-order valence-corrected chi connectivity index (χ0v) is 5.89. The van der Waals surface area contributed by atoms with E-state index >= 15 is 0 Å². The molecule has 2 heteroatoms. The summed E-state index contributed by atoms with van der Waals surface area (Å²) in [5.74, 6) is 0.505. The van der Waals surface area contributed by atoms with Crippen LogP contribution in [0.2, 0.25) is 0 Å². The van der Waals surface area contributed by atoms with Crippen LogP contribution in [0.25, 0.3) is 0 Å². The normalized spacial score (nSPS) is 12.4. The molecule has 0 aromatic rings. The van der Waals surface area contributed by atoms with E-state index in [1.54, 1.807) is 12.3 Å². The Balaban J connectivity index is 4.00. The number of nitrogens with two attached hydrogens (primary N) is 1. The SMILES string of the molecule is C=C(C)/C=C(N)\N=C/C. The van der Waals surface area contributed by atoms with Gasteiger partial charge in [0.15, 0.2) is 0 Å². The van der Waals surface area contributed by atoms with E-state index in [0.29, 0.717) is 5.82 Å². The lowest BCUT2D eigenvalue weighted by Crippen LogP contribution is -1.92. The molecule has 0 heterocycles. The maximum Gasteiger partial charge on any atom is 0.123 e. The first kappa shape index (κ1) is 7.95. The summed E-state index contributed by atoms with van der Waals surface area (Å²) >= 11 is 0. The van der Waals surface area contributed by atoms with E-state index in [2.05, 4.69) is 11.6 Å². The van der Waals surface area contributed by atoms with Gasteiger partial charge >= 0.3 is 0 Å². The average molecular weight is 124 g/mol. The fraction of sp³-hybridized carbons (Fsp3) is 0.286. The molecule has 0 fully saturated rings. The van der Waals surface area contributed by atoms with Crippen molar-refractivity contribution < 1.29 is 0 Å². The van der Waals surface area contributed by atoms with Crippen LogP contribution in [-0.2, 0) is 0 Å². The van der Waals surface area contributed by atoms with E-state index in [1.165, 1.54) is 0 Å². The minimum atomic E-state index is 0.505. The number of rotatable bonds is 2. The molecule has 0 saturated heterocycles. The van der Waals surface area contributed by atoms with Gasteiger partial charge in [0.1, 0.15) is 5.82 Å². The van der Waals surface area contributed by atoms with Crippen molar-refractivity contribution in [3.8, 4) is 0 Å². The molecule has 2 N–H and O–H groups in total. The third-order valence-corrected chi connectivity index (χ3v) is 0.672. The van der Waals surface area contributed by atoms with Gasteiger partial charge in [0, 0.05) is 6.21 Å². The van der Waals surface area contributed by atoms with Crippen molar-refractivity contribution in [2.24, 2.45) is 10.7 Å². The number of aliphatic imine (C=N–C) groups is 1. The maximum atomic E-state index is 5.39. The Morgan fingerprint density at radius 3 is 2.56 bits per heavy atom. The fourth-order valence-corrected chi connectivity index (χ4v) is 0.439. The predicted molar refractivity (Wildman–Crippen MR) is 41.3 cm³/mol. The van der Waals surface area contributed by atoms with Gasteiger partial charge in [-0.1, -0.05) is 12.2 Å². The molecule has 0 radical (unpaired) electrons. The molecule has 0 atom stereocenters. The molecule has 50 valence electrons. The lowest BCUT2D eigenvalue weighted by atomic mass is 10.3. The van der Waals surface area contributed by atoms with E-state index in [9.17, 15) is 0 Å². The van der Waals surface area contributed by atoms with E-state index in [4.69, 9.17) is 5.73 Å². The van der Waals surface area contributed by atoms with Crippen LogP contribution >= 0.6 is 0 Å². The standard InChI is InChI=1S/C7H12N2/c1-4-9-7(8)5-6(2)3/h4-5H,2,8H2,1,3H3/b7-5-,9-4-. The van der Waals surface area contributed by atoms with Crippen LogP contribution in [0.15, 0.2) is 29.0 Å². The molecule has 0 aromatic heterocycles. The molecule has 0 amide bonds. The molecule has 0 rings (SSSR count).